The van der Waals surface area contributed by atoms with E-state index < -0.39 is 6.10 Å². The van der Waals surface area contributed by atoms with Crippen LogP contribution in [0.25, 0.3) is 0 Å². The highest BCUT2D eigenvalue weighted by molar-refractivity contribution is 5.21. The van der Waals surface area contributed by atoms with Gasteiger partial charge < -0.3 is 9.84 Å². The molecule has 0 aromatic rings. The first kappa shape index (κ1) is 10.9. The van der Waals surface area contributed by atoms with Gasteiger partial charge in [0.2, 0.25) is 0 Å². The van der Waals surface area contributed by atoms with Crippen molar-refractivity contribution in [1.29, 1.82) is 0 Å². The van der Waals surface area contributed by atoms with Crippen LogP contribution in [0.2, 0.25) is 0 Å². The molecule has 2 rings (SSSR count). The Labute approximate surface area is 91.6 Å². The maximum atomic E-state index is 9.43. The lowest BCUT2D eigenvalue weighted by Gasteiger charge is -2.34. The van der Waals surface area contributed by atoms with E-state index in [0.717, 1.165) is 6.42 Å². The van der Waals surface area contributed by atoms with Gasteiger partial charge in [0.1, 0.15) is 0 Å². The number of allylic oxidation sites excluding steroid dienone is 1. The van der Waals surface area contributed by atoms with Crippen molar-refractivity contribution in [3.8, 4) is 0 Å². The van der Waals surface area contributed by atoms with Gasteiger partial charge in [0, 0.05) is 5.92 Å². The maximum Gasteiger partial charge on any atom is 0.0850 e. The van der Waals surface area contributed by atoms with Crippen molar-refractivity contribution in [3.63, 3.8) is 0 Å². The van der Waals surface area contributed by atoms with Crippen LogP contribution in [0.3, 0.4) is 0 Å². The number of aliphatic hydroxyl groups is 1. The second-order valence-electron chi connectivity index (χ2n) is 4.91. The molecule has 84 valence electrons. The summed E-state index contributed by atoms with van der Waals surface area (Å²) >= 11 is 0. The number of hydrogen-bond acceptors (Lipinski definition) is 2. The summed E-state index contributed by atoms with van der Waals surface area (Å²) in [5.74, 6) is 1.17. The molecule has 2 aliphatic carbocycles. The van der Waals surface area contributed by atoms with Crippen LogP contribution in [-0.2, 0) is 4.74 Å². The molecule has 0 saturated heterocycles. The summed E-state index contributed by atoms with van der Waals surface area (Å²) < 4.78 is 5.89. The van der Waals surface area contributed by atoms with Gasteiger partial charge >= 0.3 is 0 Å². The molecule has 2 nitrogen and oxygen atoms in total. The number of hydrogen-bond donors (Lipinski definition) is 1. The number of rotatable bonds is 3. The second-order valence-corrected chi connectivity index (χ2v) is 4.91. The SMILES string of the molecule is C=C1C[C@H]2C=C[C@H](C2)[C@H]1O[C@H](C)[C@@H](C)O. The predicted octanol–water partition coefficient (Wildman–Crippen LogP) is 2.29. The highest BCUT2D eigenvalue weighted by atomic mass is 16.5. The minimum absolute atomic E-state index is 0.114. The average Bonchev–Trinajstić information content (AvgIpc) is 2.56. The molecule has 5 atom stereocenters. The monoisotopic (exact) mass is 208 g/mol. The van der Waals surface area contributed by atoms with E-state index in [2.05, 4.69) is 18.7 Å². The second kappa shape index (κ2) is 4.11. The minimum atomic E-state index is -0.416. The summed E-state index contributed by atoms with van der Waals surface area (Å²) in [5, 5.41) is 9.43. The first-order valence-corrected chi connectivity index (χ1v) is 5.77. The summed E-state index contributed by atoms with van der Waals surface area (Å²) in [6.45, 7) is 7.79. The summed E-state index contributed by atoms with van der Waals surface area (Å²) in [5.41, 5.74) is 1.19. The normalized spacial score (nSPS) is 38.1. The van der Waals surface area contributed by atoms with Gasteiger partial charge in [0.05, 0.1) is 18.3 Å². The van der Waals surface area contributed by atoms with Crippen molar-refractivity contribution in [2.45, 2.75) is 45.0 Å². The van der Waals surface area contributed by atoms with Gasteiger partial charge in [-0.15, -0.1) is 0 Å². The van der Waals surface area contributed by atoms with Crippen molar-refractivity contribution < 1.29 is 9.84 Å². The first-order valence-electron chi connectivity index (χ1n) is 5.77. The van der Waals surface area contributed by atoms with E-state index in [-0.39, 0.29) is 12.2 Å². The van der Waals surface area contributed by atoms with Gasteiger partial charge in [-0.25, -0.2) is 0 Å². The van der Waals surface area contributed by atoms with E-state index in [1.54, 1.807) is 6.92 Å². The van der Waals surface area contributed by atoms with Crippen molar-refractivity contribution in [2.75, 3.05) is 0 Å². The lowest BCUT2D eigenvalue weighted by Crippen LogP contribution is -2.35. The molecule has 2 heteroatoms. The fraction of sp³-hybridized carbons (Fsp3) is 0.692. The Morgan fingerprint density at radius 1 is 1.47 bits per heavy atom. The van der Waals surface area contributed by atoms with Crippen molar-refractivity contribution in [2.24, 2.45) is 11.8 Å². The molecule has 0 unspecified atom stereocenters. The van der Waals surface area contributed by atoms with E-state index in [1.807, 2.05) is 6.92 Å². The highest BCUT2D eigenvalue weighted by Gasteiger charge is 2.36. The van der Waals surface area contributed by atoms with E-state index in [1.165, 1.54) is 12.0 Å². The minimum Gasteiger partial charge on any atom is -0.391 e. The summed E-state index contributed by atoms with van der Waals surface area (Å²) in [7, 11) is 0. The zero-order valence-corrected chi connectivity index (χ0v) is 9.52. The van der Waals surface area contributed by atoms with Gasteiger partial charge in [-0.2, -0.15) is 0 Å². The molecule has 0 amide bonds. The predicted molar refractivity (Wildman–Crippen MR) is 60.5 cm³/mol. The quantitative estimate of drug-likeness (QED) is 0.721. The summed E-state index contributed by atoms with van der Waals surface area (Å²) in [6.07, 6.45) is 6.36. The zero-order chi connectivity index (χ0) is 11.0. The molecule has 0 aromatic carbocycles. The molecule has 15 heavy (non-hydrogen) atoms. The average molecular weight is 208 g/mol. The van der Waals surface area contributed by atoms with Crippen LogP contribution in [0.15, 0.2) is 24.3 Å². The zero-order valence-electron chi connectivity index (χ0n) is 9.52. The fourth-order valence-electron chi connectivity index (χ4n) is 2.48. The largest absolute Gasteiger partial charge is 0.391 e. The fourth-order valence-corrected chi connectivity index (χ4v) is 2.48. The first-order chi connectivity index (χ1) is 7.08. The Bertz CT molecular complexity index is 280. The molecule has 0 heterocycles. The lowest BCUT2D eigenvalue weighted by atomic mass is 9.82. The Morgan fingerprint density at radius 3 is 2.87 bits per heavy atom. The summed E-state index contributed by atoms with van der Waals surface area (Å²) in [6, 6.07) is 0. The molecule has 0 spiro atoms. The Kier molecular flexibility index (Phi) is 2.98. The lowest BCUT2D eigenvalue weighted by molar-refractivity contribution is -0.0669. The Hall–Kier alpha value is -0.600. The van der Waals surface area contributed by atoms with E-state index >= 15 is 0 Å². The number of aliphatic hydroxyl groups excluding tert-OH is 1. The van der Waals surface area contributed by atoms with E-state index in [0.29, 0.717) is 11.8 Å². The standard InChI is InChI=1S/C13H20O2/c1-8-6-11-4-5-12(7-11)13(8)15-10(3)9(2)14/h4-5,9-14H,1,6-7H2,2-3H3/t9-,10-,11-,12-,13+/m1/s1. The molecule has 2 aliphatic rings. The Morgan fingerprint density at radius 2 is 2.20 bits per heavy atom. The van der Waals surface area contributed by atoms with Crippen LogP contribution >= 0.6 is 0 Å². The molecule has 1 saturated carbocycles. The number of ether oxygens (including phenoxy) is 1. The number of fused-ring (bicyclic) bond motifs is 2. The van der Waals surface area contributed by atoms with Crippen LogP contribution in [-0.4, -0.2) is 23.4 Å². The van der Waals surface area contributed by atoms with Gasteiger partial charge in [0.25, 0.3) is 0 Å². The smallest absolute Gasteiger partial charge is 0.0850 e. The third-order valence-corrected chi connectivity index (χ3v) is 3.56. The molecule has 0 radical (unpaired) electrons. The topological polar surface area (TPSA) is 29.5 Å². The van der Waals surface area contributed by atoms with Gasteiger partial charge in [0.15, 0.2) is 0 Å². The van der Waals surface area contributed by atoms with Crippen molar-refractivity contribution >= 4 is 0 Å². The van der Waals surface area contributed by atoms with Crippen molar-refractivity contribution in [3.05, 3.63) is 24.3 Å². The molecule has 2 bridgehead atoms. The highest BCUT2D eigenvalue weighted by Crippen LogP contribution is 2.41. The van der Waals surface area contributed by atoms with E-state index in [4.69, 9.17) is 4.74 Å². The van der Waals surface area contributed by atoms with Crippen LogP contribution in [0.5, 0.6) is 0 Å². The maximum absolute atomic E-state index is 9.43. The van der Waals surface area contributed by atoms with Crippen LogP contribution in [0, 0.1) is 11.8 Å². The third kappa shape index (κ3) is 2.16. The van der Waals surface area contributed by atoms with Gasteiger partial charge in [-0.05, 0) is 38.2 Å². The summed E-state index contributed by atoms with van der Waals surface area (Å²) in [4.78, 5) is 0. The van der Waals surface area contributed by atoms with Crippen LogP contribution < -0.4 is 0 Å². The van der Waals surface area contributed by atoms with Crippen LogP contribution in [0.4, 0.5) is 0 Å². The molecular formula is C13H20O2. The van der Waals surface area contributed by atoms with Gasteiger partial charge in [-0.1, -0.05) is 18.7 Å². The Balaban J connectivity index is 2.01. The molecule has 1 N–H and O–H groups in total. The molecule has 0 aliphatic heterocycles. The van der Waals surface area contributed by atoms with E-state index in [9.17, 15) is 5.11 Å². The molecular weight excluding hydrogens is 188 g/mol. The molecule has 0 aromatic heterocycles. The molecule has 1 fully saturated rings. The van der Waals surface area contributed by atoms with Gasteiger partial charge in [-0.3, -0.25) is 0 Å². The van der Waals surface area contributed by atoms with Crippen LogP contribution in [0.1, 0.15) is 26.7 Å². The third-order valence-electron chi connectivity index (χ3n) is 3.56. The van der Waals surface area contributed by atoms with Crippen molar-refractivity contribution in [1.82, 2.24) is 0 Å².